The molecule has 0 N–H and O–H groups in total. The topological polar surface area (TPSA) is 46.6 Å². The van der Waals surface area contributed by atoms with Crippen molar-refractivity contribution in [3.63, 3.8) is 0 Å². The van der Waals surface area contributed by atoms with Gasteiger partial charge in [0.1, 0.15) is 5.41 Å². The molecule has 0 radical (unpaired) electrons. The molecule has 1 saturated carbocycles. The van der Waals surface area contributed by atoms with Crippen molar-refractivity contribution in [1.29, 1.82) is 0 Å². The number of amides is 1. The highest BCUT2D eigenvalue weighted by molar-refractivity contribution is 6.03. The van der Waals surface area contributed by atoms with Crippen LogP contribution < -0.4 is 0 Å². The van der Waals surface area contributed by atoms with Crippen molar-refractivity contribution in [2.75, 3.05) is 20.7 Å². The maximum Gasteiger partial charge on any atom is 0.321 e. The average Bonchev–Trinajstić information content (AvgIpc) is 2.23. The van der Waals surface area contributed by atoms with Gasteiger partial charge in [0.25, 0.3) is 0 Å². The lowest BCUT2D eigenvalue weighted by Crippen LogP contribution is -2.52. The smallest absolute Gasteiger partial charge is 0.321 e. The van der Waals surface area contributed by atoms with Gasteiger partial charge in [-0.2, -0.15) is 0 Å². The van der Waals surface area contributed by atoms with E-state index in [0.717, 1.165) is 12.8 Å². The molecule has 17 heavy (non-hydrogen) atoms. The summed E-state index contributed by atoms with van der Waals surface area (Å²) in [5.74, 6) is 0.113. The van der Waals surface area contributed by atoms with Crippen LogP contribution in [0.25, 0.3) is 0 Å². The van der Waals surface area contributed by atoms with Crippen LogP contribution in [0.1, 0.15) is 39.5 Å². The van der Waals surface area contributed by atoms with E-state index in [-0.39, 0.29) is 11.9 Å². The molecule has 0 heterocycles. The summed E-state index contributed by atoms with van der Waals surface area (Å²) in [6, 6.07) is 0. The summed E-state index contributed by atoms with van der Waals surface area (Å²) in [6.07, 6.45) is 3.15. The number of ether oxygens (including phenoxy) is 1. The van der Waals surface area contributed by atoms with Crippen molar-refractivity contribution >= 4 is 11.9 Å². The molecule has 0 unspecified atom stereocenters. The van der Waals surface area contributed by atoms with Gasteiger partial charge in [-0.15, -0.1) is 0 Å². The molecular formula is C13H23NO3. The van der Waals surface area contributed by atoms with Gasteiger partial charge < -0.3 is 9.64 Å². The van der Waals surface area contributed by atoms with Gasteiger partial charge in [0, 0.05) is 13.6 Å². The minimum Gasteiger partial charge on any atom is -0.468 e. The highest BCUT2D eigenvalue weighted by Crippen LogP contribution is 2.43. The van der Waals surface area contributed by atoms with Crippen LogP contribution >= 0.6 is 0 Å². The van der Waals surface area contributed by atoms with E-state index in [1.54, 1.807) is 11.9 Å². The summed E-state index contributed by atoms with van der Waals surface area (Å²) >= 11 is 0. The minimum atomic E-state index is -0.875. The highest BCUT2D eigenvalue weighted by atomic mass is 16.5. The van der Waals surface area contributed by atoms with E-state index in [2.05, 4.69) is 13.8 Å². The first-order chi connectivity index (χ1) is 7.94. The first kappa shape index (κ1) is 14.0. The molecular weight excluding hydrogens is 218 g/mol. The summed E-state index contributed by atoms with van der Waals surface area (Å²) in [5, 5.41) is 0. The maximum absolute atomic E-state index is 12.3. The fourth-order valence-corrected chi connectivity index (χ4v) is 2.15. The van der Waals surface area contributed by atoms with Crippen LogP contribution in [0.2, 0.25) is 0 Å². The zero-order valence-corrected chi connectivity index (χ0v) is 11.3. The molecule has 1 aliphatic carbocycles. The maximum atomic E-state index is 12.3. The molecule has 0 aliphatic heterocycles. The number of carbonyl (C=O) groups is 2. The van der Waals surface area contributed by atoms with Gasteiger partial charge in [0.2, 0.25) is 5.91 Å². The first-order valence-electron chi connectivity index (χ1n) is 6.28. The molecule has 98 valence electrons. The van der Waals surface area contributed by atoms with Crippen molar-refractivity contribution < 1.29 is 14.3 Å². The van der Waals surface area contributed by atoms with Crippen LogP contribution in [-0.2, 0) is 14.3 Å². The number of carbonyl (C=O) groups excluding carboxylic acids is 2. The Morgan fingerprint density at radius 3 is 2.29 bits per heavy atom. The van der Waals surface area contributed by atoms with Gasteiger partial charge in [-0.25, -0.2) is 0 Å². The standard InChI is InChI=1S/C13H23NO3/c1-10(2)6-9-14(3)11(15)13(7-5-8-13)12(16)17-4/h10H,5-9H2,1-4H3. The van der Waals surface area contributed by atoms with Crippen molar-refractivity contribution in [2.24, 2.45) is 11.3 Å². The van der Waals surface area contributed by atoms with E-state index in [9.17, 15) is 9.59 Å². The summed E-state index contributed by atoms with van der Waals surface area (Å²) in [7, 11) is 3.12. The second kappa shape index (κ2) is 5.52. The van der Waals surface area contributed by atoms with Gasteiger partial charge in [0.05, 0.1) is 7.11 Å². The molecule has 4 nitrogen and oxygen atoms in total. The molecule has 0 aromatic carbocycles. The first-order valence-corrected chi connectivity index (χ1v) is 6.28. The van der Waals surface area contributed by atoms with Gasteiger partial charge in [-0.3, -0.25) is 9.59 Å². The predicted octanol–water partition coefficient (Wildman–Crippen LogP) is 1.83. The van der Waals surface area contributed by atoms with Crippen molar-refractivity contribution in [3.05, 3.63) is 0 Å². The fourth-order valence-electron chi connectivity index (χ4n) is 2.15. The van der Waals surface area contributed by atoms with Crippen LogP contribution in [0.5, 0.6) is 0 Å². The van der Waals surface area contributed by atoms with Crippen LogP contribution in [0.4, 0.5) is 0 Å². The van der Waals surface area contributed by atoms with E-state index in [4.69, 9.17) is 4.74 Å². The molecule has 4 heteroatoms. The van der Waals surface area contributed by atoms with E-state index < -0.39 is 5.41 Å². The molecule has 1 aliphatic rings. The molecule has 0 bridgehead atoms. The van der Waals surface area contributed by atoms with Gasteiger partial charge in [-0.05, 0) is 25.2 Å². The van der Waals surface area contributed by atoms with Crippen molar-refractivity contribution in [2.45, 2.75) is 39.5 Å². The second-order valence-corrected chi connectivity index (χ2v) is 5.34. The number of rotatable bonds is 5. The van der Waals surface area contributed by atoms with Gasteiger partial charge in [-0.1, -0.05) is 20.3 Å². The number of esters is 1. The lowest BCUT2D eigenvalue weighted by molar-refractivity contribution is -0.169. The normalized spacial score (nSPS) is 17.5. The SMILES string of the molecule is COC(=O)C1(C(=O)N(C)CCC(C)C)CCC1. The largest absolute Gasteiger partial charge is 0.468 e. The lowest BCUT2D eigenvalue weighted by atomic mass is 9.67. The van der Waals surface area contributed by atoms with Crippen LogP contribution in [0.3, 0.4) is 0 Å². The lowest BCUT2D eigenvalue weighted by Gasteiger charge is -2.39. The van der Waals surface area contributed by atoms with Crippen LogP contribution in [-0.4, -0.2) is 37.5 Å². The molecule has 1 amide bonds. The Morgan fingerprint density at radius 2 is 1.94 bits per heavy atom. The number of hydrogen-bond donors (Lipinski definition) is 0. The van der Waals surface area contributed by atoms with E-state index in [0.29, 0.717) is 25.3 Å². The fraction of sp³-hybridized carbons (Fsp3) is 0.846. The van der Waals surface area contributed by atoms with E-state index in [1.807, 2.05) is 0 Å². The monoisotopic (exact) mass is 241 g/mol. The molecule has 1 fully saturated rings. The van der Waals surface area contributed by atoms with Crippen LogP contribution in [0, 0.1) is 11.3 Å². The quantitative estimate of drug-likeness (QED) is 0.545. The van der Waals surface area contributed by atoms with Crippen molar-refractivity contribution in [3.8, 4) is 0 Å². The summed E-state index contributed by atoms with van der Waals surface area (Å²) in [6.45, 7) is 4.95. The van der Waals surface area contributed by atoms with E-state index in [1.165, 1.54) is 7.11 Å². The third-order valence-electron chi connectivity index (χ3n) is 3.58. The summed E-state index contributed by atoms with van der Waals surface area (Å²) < 4.78 is 4.77. The van der Waals surface area contributed by atoms with Crippen molar-refractivity contribution in [1.82, 2.24) is 4.90 Å². The number of nitrogens with zero attached hydrogens (tertiary/aromatic N) is 1. The van der Waals surface area contributed by atoms with Crippen LogP contribution in [0.15, 0.2) is 0 Å². The Balaban J connectivity index is 2.63. The van der Waals surface area contributed by atoms with Gasteiger partial charge >= 0.3 is 5.97 Å². The second-order valence-electron chi connectivity index (χ2n) is 5.34. The molecule has 0 spiro atoms. The number of methoxy groups -OCH3 is 1. The Morgan fingerprint density at radius 1 is 1.35 bits per heavy atom. The minimum absolute atomic E-state index is 0.0729. The molecule has 0 atom stereocenters. The zero-order chi connectivity index (χ0) is 13.1. The molecule has 0 aromatic rings. The Bertz CT molecular complexity index is 295. The highest BCUT2D eigenvalue weighted by Gasteiger charge is 2.53. The summed E-state index contributed by atoms with van der Waals surface area (Å²) in [5.41, 5.74) is -0.875. The average molecular weight is 241 g/mol. The Kier molecular flexibility index (Phi) is 4.54. The third kappa shape index (κ3) is 2.79. The Hall–Kier alpha value is -1.06. The summed E-state index contributed by atoms with van der Waals surface area (Å²) in [4.78, 5) is 25.7. The molecule has 1 rings (SSSR count). The third-order valence-corrected chi connectivity index (χ3v) is 3.58. The van der Waals surface area contributed by atoms with E-state index >= 15 is 0 Å². The zero-order valence-electron chi connectivity index (χ0n) is 11.3. The molecule has 0 saturated heterocycles. The van der Waals surface area contributed by atoms with Gasteiger partial charge in [0.15, 0.2) is 0 Å². The Labute approximate surface area is 103 Å². The predicted molar refractivity (Wildman–Crippen MR) is 65.4 cm³/mol. The molecule has 0 aromatic heterocycles. The number of hydrogen-bond acceptors (Lipinski definition) is 3.